The molecule has 0 amide bonds. The van der Waals surface area contributed by atoms with Crippen molar-refractivity contribution in [3.63, 3.8) is 0 Å². The third-order valence-electron chi connectivity index (χ3n) is 3.64. The molecule has 21 heavy (non-hydrogen) atoms. The SMILES string of the molecule is COc1ccc(N)cc1Cn1ccc2c(OC)cccc21. The van der Waals surface area contributed by atoms with Gasteiger partial charge in [-0.05, 0) is 36.4 Å². The van der Waals surface area contributed by atoms with Crippen LogP contribution in [0.2, 0.25) is 0 Å². The maximum atomic E-state index is 5.88. The van der Waals surface area contributed by atoms with Crippen LogP contribution >= 0.6 is 0 Å². The van der Waals surface area contributed by atoms with Gasteiger partial charge in [-0.3, -0.25) is 0 Å². The van der Waals surface area contributed by atoms with Crippen LogP contribution in [0.1, 0.15) is 5.56 Å². The van der Waals surface area contributed by atoms with Crippen molar-refractivity contribution < 1.29 is 9.47 Å². The molecule has 0 unspecified atom stereocenters. The smallest absolute Gasteiger partial charge is 0.128 e. The maximum Gasteiger partial charge on any atom is 0.128 e. The quantitative estimate of drug-likeness (QED) is 0.747. The molecule has 0 atom stereocenters. The van der Waals surface area contributed by atoms with Gasteiger partial charge in [0.1, 0.15) is 11.5 Å². The molecule has 3 aromatic rings. The number of ether oxygens (including phenoxy) is 2. The lowest BCUT2D eigenvalue weighted by Crippen LogP contribution is -2.01. The maximum absolute atomic E-state index is 5.88. The minimum Gasteiger partial charge on any atom is -0.496 e. The zero-order chi connectivity index (χ0) is 14.8. The number of anilines is 1. The fourth-order valence-electron chi connectivity index (χ4n) is 2.62. The Bertz CT molecular complexity index is 778. The molecule has 0 aliphatic rings. The second-order valence-corrected chi connectivity index (χ2v) is 4.91. The van der Waals surface area contributed by atoms with Crippen LogP contribution in [0.25, 0.3) is 10.9 Å². The highest BCUT2D eigenvalue weighted by Gasteiger charge is 2.09. The molecule has 0 spiro atoms. The standard InChI is InChI=1S/C17H18N2O2/c1-20-16-7-6-13(18)10-12(16)11-19-9-8-14-15(19)4-3-5-17(14)21-2/h3-10H,11,18H2,1-2H3. The van der Waals surface area contributed by atoms with Crippen molar-refractivity contribution in [1.29, 1.82) is 0 Å². The van der Waals surface area contributed by atoms with Gasteiger partial charge in [-0.2, -0.15) is 0 Å². The number of hydrogen-bond acceptors (Lipinski definition) is 3. The van der Waals surface area contributed by atoms with E-state index in [-0.39, 0.29) is 0 Å². The average Bonchev–Trinajstić information content (AvgIpc) is 2.91. The van der Waals surface area contributed by atoms with Crippen molar-refractivity contribution in [3.8, 4) is 11.5 Å². The Morgan fingerprint density at radius 3 is 2.57 bits per heavy atom. The average molecular weight is 282 g/mol. The van der Waals surface area contributed by atoms with Crippen molar-refractivity contribution >= 4 is 16.6 Å². The summed E-state index contributed by atoms with van der Waals surface area (Å²) in [6.07, 6.45) is 2.05. The Balaban J connectivity index is 2.05. The van der Waals surface area contributed by atoms with E-state index in [0.717, 1.165) is 33.7 Å². The third kappa shape index (κ3) is 2.40. The Hall–Kier alpha value is -2.62. The van der Waals surface area contributed by atoms with Gasteiger partial charge >= 0.3 is 0 Å². The van der Waals surface area contributed by atoms with E-state index >= 15 is 0 Å². The number of methoxy groups -OCH3 is 2. The molecule has 0 saturated carbocycles. The van der Waals surface area contributed by atoms with Gasteiger partial charge in [0.15, 0.2) is 0 Å². The number of rotatable bonds is 4. The van der Waals surface area contributed by atoms with E-state index in [1.54, 1.807) is 14.2 Å². The van der Waals surface area contributed by atoms with Gasteiger partial charge in [-0.15, -0.1) is 0 Å². The van der Waals surface area contributed by atoms with Crippen molar-refractivity contribution in [2.24, 2.45) is 0 Å². The molecule has 3 rings (SSSR count). The van der Waals surface area contributed by atoms with Gasteiger partial charge < -0.3 is 19.8 Å². The molecular formula is C17H18N2O2. The van der Waals surface area contributed by atoms with Crippen LogP contribution in [-0.2, 0) is 6.54 Å². The Morgan fingerprint density at radius 2 is 1.81 bits per heavy atom. The van der Waals surface area contributed by atoms with Crippen LogP contribution in [0.5, 0.6) is 11.5 Å². The first-order valence-corrected chi connectivity index (χ1v) is 6.77. The van der Waals surface area contributed by atoms with Crippen LogP contribution in [0.15, 0.2) is 48.7 Å². The Morgan fingerprint density at radius 1 is 1.00 bits per heavy atom. The number of fused-ring (bicyclic) bond motifs is 1. The number of nitrogen functional groups attached to an aromatic ring is 1. The summed E-state index contributed by atoms with van der Waals surface area (Å²) in [5, 5.41) is 1.10. The number of benzene rings is 2. The normalized spacial score (nSPS) is 10.8. The number of hydrogen-bond donors (Lipinski definition) is 1. The van der Waals surface area contributed by atoms with E-state index < -0.39 is 0 Å². The lowest BCUT2D eigenvalue weighted by Gasteiger charge is -2.11. The van der Waals surface area contributed by atoms with Crippen molar-refractivity contribution in [3.05, 3.63) is 54.2 Å². The van der Waals surface area contributed by atoms with Crippen molar-refractivity contribution in [1.82, 2.24) is 4.57 Å². The molecule has 0 saturated heterocycles. The molecule has 2 N–H and O–H groups in total. The van der Waals surface area contributed by atoms with Gasteiger partial charge in [0.25, 0.3) is 0 Å². The zero-order valence-corrected chi connectivity index (χ0v) is 12.2. The molecule has 108 valence electrons. The van der Waals surface area contributed by atoms with Gasteiger partial charge in [0, 0.05) is 22.8 Å². The summed E-state index contributed by atoms with van der Waals surface area (Å²) in [5.41, 5.74) is 8.80. The predicted molar refractivity (Wildman–Crippen MR) is 85.0 cm³/mol. The summed E-state index contributed by atoms with van der Waals surface area (Å²) in [7, 11) is 3.36. The third-order valence-corrected chi connectivity index (χ3v) is 3.64. The first kappa shape index (κ1) is 13.4. The minimum atomic E-state index is 0.699. The van der Waals surface area contributed by atoms with Crippen LogP contribution in [0.4, 0.5) is 5.69 Å². The van der Waals surface area contributed by atoms with E-state index in [1.165, 1.54) is 0 Å². The molecule has 0 radical (unpaired) electrons. The topological polar surface area (TPSA) is 49.4 Å². The summed E-state index contributed by atoms with van der Waals surface area (Å²) < 4.78 is 13.0. The molecule has 0 bridgehead atoms. The lowest BCUT2D eigenvalue weighted by atomic mass is 10.1. The first-order valence-electron chi connectivity index (χ1n) is 6.77. The molecule has 0 aliphatic carbocycles. The summed E-state index contributed by atoms with van der Waals surface area (Å²) in [4.78, 5) is 0. The molecule has 0 fully saturated rings. The number of nitrogens with two attached hydrogens (primary N) is 1. The lowest BCUT2D eigenvalue weighted by molar-refractivity contribution is 0.408. The summed E-state index contributed by atoms with van der Waals surface area (Å²) in [6, 6.07) is 13.8. The van der Waals surface area contributed by atoms with E-state index in [0.29, 0.717) is 6.54 Å². The van der Waals surface area contributed by atoms with Gasteiger partial charge in [0.2, 0.25) is 0 Å². The minimum absolute atomic E-state index is 0.699. The second-order valence-electron chi connectivity index (χ2n) is 4.91. The largest absolute Gasteiger partial charge is 0.496 e. The van der Waals surface area contributed by atoms with Gasteiger partial charge in [-0.25, -0.2) is 0 Å². The van der Waals surface area contributed by atoms with Crippen molar-refractivity contribution in [2.75, 3.05) is 20.0 Å². The summed E-state index contributed by atoms with van der Waals surface area (Å²) >= 11 is 0. The van der Waals surface area contributed by atoms with E-state index in [4.69, 9.17) is 15.2 Å². The molecular weight excluding hydrogens is 264 g/mol. The fraction of sp³-hybridized carbons (Fsp3) is 0.176. The molecule has 1 aromatic heterocycles. The molecule has 0 aliphatic heterocycles. The molecule has 2 aromatic carbocycles. The highest BCUT2D eigenvalue weighted by molar-refractivity contribution is 5.86. The van der Waals surface area contributed by atoms with E-state index in [2.05, 4.69) is 22.9 Å². The summed E-state index contributed by atoms with van der Waals surface area (Å²) in [5.74, 6) is 1.72. The molecule has 1 heterocycles. The fourth-order valence-corrected chi connectivity index (χ4v) is 2.62. The first-order chi connectivity index (χ1) is 10.2. The zero-order valence-electron chi connectivity index (χ0n) is 12.2. The van der Waals surface area contributed by atoms with E-state index in [9.17, 15) is 0 Å². The van der Waals surface area contributed by atoms with Crippen LogP contribution < -0.4 is 15.2 Å². The molecule has 4 heteroatoms. The number of nitrogens with zero attached hydrogens (tertiary/aromatic N) is 1. The Labute approximate surface area is 123 Å². The number of aromatic nitrogens is 1. The van der Waals surface area contributed by atoms with Gasteiger partial charge in [0.05, 0.1) is 26.3 Å². The second kappa shape index (κ2) is 5.40. The predicted octanol–water partition coefficient (Wildman–Crippen LogP) is 3.29. The Kier molecular flexibility index (Phi) is 3.44. The monoisotopic (exact) mass is 282 g/mol. The van der Waals surface area contributed by atoms with E-state index in [1.807, 2.05) is 30.3 Å². The summed E-state index contributed by atoms with van der Waals surface area (Å²) in [6.45, 7) is 0.699. The highest BCUT2D eigenvalue weighted by Crippen LogP contribution is 2.28. The van der Waals surface area contributed by atoms with Crippen LogP contribution in [0.3, 0.4) is 0 Å². The van der Waals surface area contributed by atoms with Gasteiger partial charge in [-0.1, -0.05) is 6.07 Å². The van der Waals surface area contributed by atoms with Crippen LogP contribution in [0, 0.1) is 0 Å². The molecule has 4 nitrogen and oxygen atoms in total. The highest BCUT2D eigenvalue weighted by atomic mass is 16.5. The van der Waals surface area contributed by atoms with Crippen LogP contribution in [-0.4, -0.2) is 18.8 Å². The van der Waals surface area contributed by atoms with Crippen molar-refractivity contribution in [2.45, 2.75) is 6.54 Å².